The van der Waals surface area contributed by atoms with Gasteiger partial charge >= 0.3 is 6.18 Å². The molecule has 0 bridgehead atoms. The van der Waals surface area contributed by atoms with E-state index in [0.29, 0.717) is 0 Å². The molecule has 1 heterocycles. The smallest absolute Gasteiger partial charge is 0.384 e. The molecule has 0 aliphatic carbocycles. The Morgan fingerprint density at radius 1 is 1.45 bits per heavy atom. The van der Waals surface area contributed by atoms with Crippen molar-refractivity contribution in [3.8, 4) is 0 Å². The van der Waals surface area contributed by atoms with Gasteiger partial charge in [0, 0.05) is 29.1 Å². The van der Waals surface area contributed by atoms with Gasteiger partial charge in [0.2, 0.25) is 5.91 Å². The number of halogens is 3. The van der Waals surface area contributed by atoms with Crippen LogP contribution >= 0.6 is 11.3 Å². The first-order valence-corrected chi connectivity index (χ1v) is 7.49. The van der Waals surface area contributed by atoms with Gasteiger partial charge in [-0.25, -0.2) is 4.98 Å². The van der Waals surface area contributed by atoms with Gasteiger partial charge in [-0.15, -0.1) is 11.3 Å². The molecule has 1 aromatic heterocycles. The number of aliphatic hydroxyl groups is 1. The fraction of sp³-hybridized carbons (Fsp3) is 0.571. The average molecular weight is 336 g/mol. The summed E-state index contributed by atoms with van der Waals surface area (Å²) in [6.45, 7) is 5.83. The van der Waals surface area contributed by atoms with Crippen molar-refractivity contribution in [3.05, 3.63) is 22.2 Å². The highest BCUT2D eigenvalue weighted by Gasteiger charge is 2.37. The van der Waals surface area contributed by atoms with Crippen LogP contribution in [0.3, 0.4) is 0 Å². The lowest BCUT2D eigenvalue weighted by Gasteiger charge is -2.13. The number of nitrogens with zero attached hydrogens (tertiary/aromatic N) is 1. The molecule has 2 N–H and O–H groups in total. The summed E-state index contributed by atoms with van der Waals surface area (Å²) < 4.78 is 36.2. The summed E-state index contributed by atoms with van der Waals surface area (Å²) in [5.74, 6) is -0.514. The van der Waals surface area contributed by atoms with Gasteiger partial charge in [-0.2, -0.15) is 13.2 Å². The van der Waals surface area contributed by atoms with Crippen LogP contribution in [0, 0.1) is 0 Å². The Balaban J connectivity index is 2.44. The maximum absolute atomic E-state index is 12.1. The van der Waals surface area contributed by atoms with E-state index in [1.807, 2.05) is 20.8 Å². The molecular formula is C14H19F3N2O2S. The highest BCUT2D eigenvalue weighted by Crippen LogP contribution is 2.27. The van der Waals surface area contributed by atoms with Crippen LogP contribution in [0.1, 0.15) is 37.1 Å². The van der Waals surface area contributed by atoms with Gasteiger partial charge in [0.05, 0.1) is 5.01 Å². The molecule has 0 spiro atoms. The molecule has 4 nitrogen and oxygen atoms in total. The number of thiazole rings is 1. The Labute approximate surface area is 131 Å². The summed E-state index contributed by atoms with van der Waals surface area (Å²) in [7, 11) is 0. The number of aliphatic hydroxyl groups excluding tert-OH is 1. The number of hydrogen-bond donors (Lipinski definition) is 2. The normalized spacial score (nSPS) is 14.3. The third-order valence-corrected chi connectivity index (χ3v) is 4.05. The van der Waals surface area contributed by atoms with Crippen molar-refractivity contribution in [1.82, 2.24) is 10.3 Å². The minimum Gasteiger partial charge on any atom is -0.384 e. The number of hydrogen-bond acceptors (Lipinski definition) is 4. The lowest BCUT2D eigenvalue weighted by atomic mass is 9.98. The van der Waals surface area contributed by atoms with Crippen LogP contribution in [0.25, 0.3) is 6.08 Å². The van der Waals surface area contributed by atoms with Crippen LogP contribution in [0.5, 0.6) is 0 Å². The standard InChI is InChI=1S/C14H19F3N2O2S/c1-13(2,3)12-19-8-9(22-12)4-5-11(21)18-7-6-10(20)14(15,16)17/h4-5,8,10,20H,6-7H2,1-3H3,(H,18,21)/b5-4+. The Hall–Kier alpha value is -1.41. The molecule has 0 aliphatic heterocycles. The summed E-state index contributed by atoms with van der Waals surface area (Å²) in [6.07, 6.45) is -3.22. The highest BCUT2D eigenvalue weighted by atomic mass is 32.1. The summed E-state index contributed by atoms with van der Waals surface area (Å²) in [5.41, 5.74) is -0.0766. The number of nitrogens with one attached hydrogen (secondary N) is 1. The maximum atomic E-state index is 12.1. The van der Waals surface area contributed by atoms with Gasteiger partial charge in [0.25, 0.3) is 0 Å². The molecule has 124 valence electrons. The number of aromatic nitrogens is 1. The van der Waals surface area contributed by atoms with E-state index < -0.39 is 24.6 Å². The van der Waals surface area contributed by atoms with Crippen molar-refractivity contribution in [3.63, 3.8) is 0 Å². The first-order valence-electron chi connectivity index (χ1n) is 6.67. The van der Waals surface area contributed by atoms with Crippen LogP contribution in [0.15, 0.2) is 12.3 Å². The molecule has 0 radical (unpaired) electrons. The lowest BCUT2D eigenvalue weighted by molar-refractivity contribution is -0.205. The zero-order chi connectivity index (χ0) is 17.0. The minimum absolute atomic E-state index is 0.0766. The third kappa shape index (κ3) is 6.15. The second-order valence-corrected chi connectivity index (χ2v) is 6.85. The molecule has 8 heteroatoms. The van der Waals surface area contributed by atoms with E-state index in [2.05, 4.69) is 10.3 Å². The molecule has 1 amide bonds. The Bertz CT molecular complexity index is 533. The van der Waals surface area contributed by atoms with Crippen molar-refractivity contribution in [1.29, 1.82) is 0 Å². The van der Waals surface area contributed by atoms with Crippen molar-refractivity contribution in [2.75, 3.05) is 6.54 Å². The van der Waals surface area contributed by atoms with Gasteiger partial charge in [-0.05, 0) is 12.5 Å². The minimum atomic E-state index is -4.66. The van der Waals surface area contributed by atoms with Crippen molar-refractivity contribution in [2.45, 2.75) is 44.9 Å². The molecular weight excluding hydrogens is 317 g/mol. The van der Waals surface area contributed by atoms with Crippen molar-refractivity contribution < 1.29 is 23.1 Å². The predicted molar refractivity (Wildman–Crippen MR) is 79.5 cm³/mol. The number of amides is 1. The first-order chi connectivity index (χ1) is 10.00. The number of rotatable bonds is 5. The molecule has 22 heavy (non-hydrogen) atoms. The predicted octanol–water partition coefficient (Wildman–Crippen LogP) is 2.88. The highest BCUT2D eigenvalue weighted by molar-refractivity contribution is 7.12. The average Bonchev–Trinajstić information content (AvgIpc) is 2.83. The summed E-state index contributed by atoms with van der Waals surface area (Å²) >= 11 is 1.45. The lowest BCUT2D eigenvalue weighted by Crippen LogP contribution is -2.33. The van der Waals surface area contributed by atoms with Gasteiger partial charge < -0.3 is 10.4 Å². The fourth-order valence-electron chi connectivity index (χ4n) is 1.42. The molecule has 1 rings (SSSR count). The topological polar surface area (TPSA) is 62.2 Å². The number of carbonyl (C=O) groups is 1. The van der Waals surface area contributed by atoms with Gasteiger partial charge in [-0.1, -0.05) is 20.8 Å². The summed E-state index contributed by atoms with van der Waals surface area (Å²) in [6, 6.07) is 0. The van der Waals surface area contributed by atoms with E-state index in [1.165, 1.54) is 17.4 Å². The number of alkyl halides is 3. The van der Waals surface area contributed by atoms with E-state index in [0.717, 1.165) is 9.88 Å². The fourth-order valence-corrected chi connectivity index (χ4v) is 2.30. The molecule has 0 saturated carbocycles. The summed E-state index contributed by atoms with van der Waals surface area (Å²) in [4.78, 5) is 16.5. The van der Waals surface area contributed by atoms with Crippen molar-refractivity contribution >= 4 is 23.3 Å². The van der Waals surface area contributed by atoms with Crippen LogP contribution < -0.4 is 5.32 Å². The first kappa shape index (κ1) is 18.6. The van der Waals surface area contributed by atoms with Crippen LogP contribution in [0.4, 0.5) is 13.2 Å². The maximum Gasteiger partial charge on any atom is 0.414 e. The van der Waals surface area contributed by atoms with Crippen LogP contribution in [-0.4, -0.2) is 34.8 Å². The van der Waals surface area contributed by atoms with Crippen LogP contribution in [-0.2, 0) is 10.2 Å². The zero-order valence-corrected chi connectivity index (χ0v) is 13.4. The SMILES string of the molecule is CC(C)(C)c1ncc(/C=C/C(=O)NCCC(O)C(F)(F)F)s1. The second kappa shape index (κ2) is 7.23. The molecule has 0 aliphatic rings. The molecule has 0 saturated heterocycles. The Morgan fingerprint density at radius 2 is 2.09 bits per heavy atom. The zero-order valence-electron chi connectivity index (χ0n) is 12.6. The van der Waals surface area contributed by atoms with E-state index in [1.54, 1.807) is 12.3 Å². The van der Waals surface area contributed by atoms with E-state index >= 15 is 0 Å². The van der Waals surface area contributed by atoms with E-state index in [-0.39, 0.29) is 12.0 Å². The van der Waals surface area contributed by atoms with Gasteiger partial charge in [-0.3, -0.25) is 4.79 Å². The molecule has 1 unspecified atom stereocenters. The van der Waals surface area contributed by atoms with E-state index in [9.17, 15) is 18.0 Å². The second-order valence-electron chi connectivity index (χ2n) is 5.79. The number of carbonyl (C=O) groups excluding carboxylic acids is 1. The molecule has 0 aromatic carbocycles. The Morgan fingerprint density at radius 3 is 2.59 bits per heavy atom. The third-order valence-electron chi connectivity index (χ3n) is 2.66. The van der Waals surface area contributed by atoms with Gasteiger partial charge in [0.15, 0.2) is 6.10 Å². The molecule has 0 fully saturated rings. The monoisotopic (exact) mass is 336 g/mol. The van der Waals surface area contributed by atoms with Crippen LogP contribution in [0.2, 0.25) is 0 Å². The quantitative estimate of drug-likeness (QED) is 0.813. The Kier molecular flexibility index (Phi) is 6.13. The molecule has 1 atom stereocenters. The van der Waals surface area contributed by atoms with Crippen molar-refractivity contribution in [2.24, 2.45) is 0 Å². The largest absolute Gasteiger partial charge is 0.414 e. The van der Waals surface area contributed by atoms with E-state index in [4.69, 9.17) is 5.11 Å². The van der Waals surface area contributed by atoms with Gasteiger partial charge in [0.1, 0.15) is 0 Å². The molecule has 1 aromatic rings. The summed E-state index contributed by atoms with van der Waals surface area (Å²) in [5, 5.41) is 12.0.